The Hall–Kier alpha value is -1.88. The molecule has 1 fully saturated rings. The monoisotopic (exact) mass is 257 g/mol. The van der Waals surface area contributed by atoms with E-state index in [-0.39, 0.29) is 0 Å². The SMILES string of the molecule is NC1CCC(Nc2cccc(Cn3cncn3)c2)C1. The predicted octanol–water partition coefficient (Wildman–Crippen LogP) is 1.62. The van der Waals surface area contributed by atoms with Crippen molar-refractivity contribution in [1.82, 2.24) is 14.8 Å². The number of nitrogens with one attached hydrogen (secondary N) is 1. The summed E-state index contributed by atoms with van der Waals surface area (Å²) in [6.45, 7) is 0.750. The van der Waals surface area contributed by atoms with Gasteiger partial charge in [-0.3, -0.25) is 0 Å². The highest BCUT2D eigenvalue weighted by Crippen LogP contribution is 2.22. The fraction of sp³-hybridized carbons (Fsp3) is 0.429. The molecule has 1 saturated carbocycles. The Morgan fingerprint density at radius 3 is 3.05 bits per heavy atom. The largest absolute Gasteiger partial charge is 0.382 e. The molecular formula is C14H19N5. The Bertz CT molecular complexity index is 522. The topological polar surface area (TPSA) is 68.8 Å². The van der Waals surface area contributed by atoms with Crippen LogP contribution in [0.4, 0.5) is 5.69 Å². The molecule has 1 heterocycles. The predicted molar refractivity (Wildman–Crippen MR) is 74.8 cm³/mol. The van der Waals surface area contributed by atoms with Gasteiger partial charge in [0.1, 0.15) is 12.7 Å². The summed E-state index contributed by atoms with van der Waals surface area (Å²) in [5.74, 6) is 0. The molecule has 3 rings (SSSR count). The molecule has 0 amide bonds. The van der Waals surface area contributed by atoms with Gasteiger partial charge in [-0.15, -0.1) is 0 Å². The summed E-state index contributed by atoms with van der Waals surface area (Å²) in [6.07, 6.45) is 6.64. The van der Waals surface area contributed by atoms with Gasteiger partial charge in [-0.2, -0.15) is 5.10 Å². The van der Waals surface area contributed by atoms with Crippen molar-refractivity contribution in [3.05, 3.63) is 42.5 Å². The van der Waals surface area contributed by atoms with Gasteiger partial charge in [-0.25, -0.2) is 9.67 Å². The van der Waals surface area contributed by atoms with E-state index in [2.05, 4.69) is 39.7 Å². The third-order valence-electron chi connectivity index (χ3n) is 3.58. The van der Waals surface area contributed by atoms with Crippen molar-refractivity contribution in [2.24, 2.45) is 5.73 Å². The average molecular weight is 257 g/mol. The molecule has 100 valence electrons. The lowest BCUT2D eigenvalue weighted by Crippen LogP contribution is -2.20. The molecule has 1 aromatic carbocycles. The average Bonchev–Trinajstić information content (AvgIpc) is 3.02. The Morgan fingerprint density at radius 2 is 2.32 bits per heavy atom. The van der Waals surface area contributed by atoms with Gasteiger partial charge in [0.05, 0.1) is 6.54 Å². The zero-order chi connectivity index (χ0) is 13.1. The van der Waals surface area contributed by atoms with Gasteiger partial charge in [0.15, 0.2) is 0 Å². The van der Waals surface area contributed by atoms with Crippen LogP contribution in [0.15, 0.2) is 36.9 Å². The van der Waals surface area contributed by atoms with E-state index >= 15 is 0 Å². The second kappa shape index (κ2) is 5.40. The molecule has 0 bridgehead atoms. The van der Waals surface area contributed by atoms with Crippen molar-refractivity contribution in [3.63, 3.8) is 0 Å². The van der Waals surface area contributed by atoms with Crippen LogP contribution in [0.3, 0.4) is 0 Å². The molecule has 2 aromatic rings. The quantitative estimate of drug-likeness (QED) is 0.873. The summed E-state index contributed by atoms with van der Waals surface area (Å²) in [5, 5.41) is 7.69. The van der Waals surface area contributed by atoms with Crippen molar-refractivity contribution < 1.29 is 0 Å². The van der Waals surface area contributed by atoms with Crippen LogP contribution < -0.4 is 11.1 Å². The second-order valence-corrected chi connectivity index (χ2v) is 5.21. The zero-order valence-corrected chi connectivity index (χ0v) is 10.9. The van der Waals surface area contributed by atoms with Crippen molar-refractivity contribution >= 4 is 5.69 Å². The molecule has 0 saturated heterocycles. The van der Waals surface area contributed by atoms with Crippen LogP contribution in [0.2, 0.25) is 0 Å². The third kappa shape index (κ3) is 3.12. The molecule has 2 unspecified atom stereocenters. The highest BCUT2D eigenvalue weighted by Gasteiger charge is 2.21. The van der Waals surface area contributed by atoms with E-state index in [1.807, 2.05) is 4.68 Å². The van der Waals surface area contributed by atoms with Crippen LogP contribution >= 0.6 is 0 Å². The summed E-state index contributed by atoms with van der Waals surface area (Å²) >= 11 is 0. The maximum atomic E-state index is 5.94. The first-order valence-electron chi connectivity index (χ1n) is 6.73. The number of anilines is 1. The highest BCUT2D eigenvalue weighted by molar-refractivity contribution is 5.46. The van der Waals surface area contributed by atoms with E-state index in [0.29, 0.717) is 12.1 Å². The summed E-state index contributed by atoms with van der Waals surface area (Å²) in [5.41, 5.74) is 8.32. The molecule has 0 spiro atoms. The minimum atomic E-state index is 0.357. The minimum Gasteiger partial charge on any atom is -0.382 e. The van der Waals surface area contributed by atoms with Crippen LogP contribution in [0.1, 0.15) is 24.8 Å². The van der Waals surface area contributed by atoms with E-state index in [4.69, 9.17) is 5.73 Å². The molecule has 0 radical (unpaired) electrons. The van der Waals surface area contributed by atoms with Crippen molar-refractivity contribution in [3.8, 4) is 0 Å². The maximum Gasteiger partial charge on any atom is 0.137 e. The minimum absolute atomic E-state index is 0.357. The fourth-order valence-corrected chi connectivity index (χ4v) is 2.64. The van der Waals surface area contributed by atoms with Gasteiger partial charge in [-0.05, 0) is 37.0 Å². The number of benzene rings is 1. The van der Waals surface area contributed by atoms with Gasteiger partial charge in [0.2, 0.25) is 0 Å². The summed E-state index contributed by atoms with van der Waals surface area (Å²) in [4.78, 5) is 3.95. The number of nitrogens with zero attached hydrogens (tertiary/aromatic N) is 3. The lowest BCUT2D eigenvalue weighted by atomic mass is 10.1. The highest BCUT2D eigenvalue weighted by atomic mass is 15.3. The summed E-state index contributed by atoms with van der Waals surface area (Å²) in [6, 6.07) is 9.32. The van der Waals surface area contributed by atoms with Gasteiger partial charge in [-0.1, -0.05) is 12.1 Å². The van der Waals surface area contributed by atoms with E-state index in [0.717, 1.165) is 31.5 Å². The van der Waals surface area contributed by atoms with Crippen molar-refractivity contribution in [1.29, 1.82) is 0 Å². The molecule has 5 nitrogen and oxygen atoms in total. The Morgan fingerprint density at radius 1 is 1.37 bits per heavy atom. The van der Waals surface area contributed by atoms with Crippen molar-refractivity contribution in [2.75, 3.05) is 5.32 Å². The lowest BCUT2D eigenvalue weighted by molar-refractivity contribution is 0.682. The fourth-order valence-electron chi connectivity index (χ4n) is 2.64. The molecule has 1 aliphatic rings. The van der Waals surface area contributed by atoms with Crippen LogP contribution in [-0.2, 0) is 6.54 Å². The first-order valence-corrected chi connectivity index (χ1v) is 6.73. The van der Waals surface area contributed by atoms with E-state index in [1.54, 1.807) is 12.7 Å². The third-order valence-corrected chi connectivity index (χ3v) is 3.58. The van der Waals surface area contributed by atoms with Gasteiger partial charge >= 0.3 is 0 Å². The van der Waals surface area contributed by atoms with Crippen LogP contribution in [0.5, 0.6) is 0 Å². The zero-order valence-electron chi connectivity index (χ0n) is 10.9. The summed E-state index contributed by atoms with van der Waals surface area (Å²) in [7, 11) is 0. The molecule has 2 atom stereocenters. The lowest BCUT2D eigenvalue weighted by Gasteiger charge is -2.14. The second-order valence-electron chi connectivity index (χ2n) is 5.21. The van der Waals surface area contributed by atoms with E-state index in [9.17, 15) is 0 Å². The van der Waals surface area contributed by atoms with Crippen LogP contribution in [0, 0.1) is 0 Å². The molecule has 0 aliphatic heterocycles. The van der Waals surface area contributed by atoms with E-state index < -0.39 is 0 Å². The first kappa shape index (κ1) is 12.2. The molecule has 19 heavy (non-hydrogen) atoms. The molecule has 5 heteroatoms. The maximum absolute atomic E-state index is 5.94. The molecular weight excluding hydrogens is 238 g/mol. The van der Waals surface area contributed by atoms with Crippen LogP contribution in [-0.4, -0.2) is 26.8 Å². The molecule has 3 N–H and O–H groups in total. The number of rotatable bonds is 4. The Labute approximate surface area is 112 Å². The van der Waals surface area contributed by atoms with Crippen molar-refractivity contribution in [2.45, 2.75) is 37.9 Å². The molecule has 1 aromatic heterocycles. The standard InChI is InChI=1S/C14H19N5/c15-12-4-5-14(7-12)18-13-3-1-2-11(6-13)8-19-10-16-9-17-19/h1-3,6,9-10,12,14,18H,4-5,7-8,15H2. The number of hydrogen-bond donors (Lipinski definition) is 2. The Kier molecular flexibility index (Phi) is 3.46. The summed E-state index contributed by atoms with van der Waals surface area (Å²) < 4.78 is 1.82. The normalized spacial score (nSPS) is 22.6. The van der Waals surface area contributed by atoms with Gasteiger partial charge < -0.3 is 11.1 Å². The van der Waals surface area contributed by atoms with Gasteiger partial charge in [0, 0.05) is 17.8 Å². The number of hydrogen-bond acceptors (Lipinski definition) is 4. The van der Waals surface area contributed by atoms with Crippen LogP contribution in [0.25, 0.3) is 0 Å². The Balaban J connectivity index is 1.66. The smallest absolute Gasteiger partial charge is 0.137 e. The number of aromatic nitrogens is 3. The number of nitrogens with two attached hydrogens (primary N) is 1. The van der Waals surface area contributed by atoms with E-state index in [1.165, 1.54) is 5.56 Å². The first-order chi connectivity index (χ1) is 9.29. The van der Waals surface area contributed by atoms with Gasteiger partial charge in [0.25, 0.3) is 0 Å². The molecule has 1 aliphatic carbocycles.